The van der Waals surface area contributed by atoms with Gasteiger partial charge in [-0.3, -0.25) is 14.5 Å². The normalized spacial score (nSPS) is 37.4. The summed E-state index contributed by atoms with van der Waals surface area (Å²) in [6, 6.07) is -0.0910. The summed E-state index contributed by atoms with van der Waals surface area (Å²) in [5.41, 5.74) is -0.660. The number of fused-ring (bicyclic) bond motifs is 1. The van der Waals surface area contributed by atoms with E-state index in [0.717, 1.165) is 25.7 Å². The standard InChI is InChI=1S/C14H19N3O3/c1-14-5-2-6-16(14)13(20)17(12(14)19)10-7-11(18)15(8-10)9-3-4-9/h9-10H,2-8H2,1H3/t10-,14-/m0/s1. The van der Waals surface area contributed by atoms with Crippen LogP contribution in [-0.4, -0.2) is 63.3 Å². The monoisotopic (exact) mass is 277 g/mol. The van der Waals surface area contributed by atoms with E-state index < -0.39 is 5.54 Å². The molecule has 3 heterocycles. The first-order valence-electron chi connectivity index (χ1n) is 7.47. The molecule has 20 heavy (non-hydrogen) atoms. The largest absolute Gasteiger partial charge is 0.338 e. The van der Waals surface area contributed by atoms with Gasteiger partial charge in [0.15, 0.2) is 0 Å². The van der Waals surface area contributed by atoms with Crippen molar-refractivity contribution in [3.8, 4) is 0 Å². The summed E-state index contributed by atoms with van der Waals surface area (Å²) in [6.07, 6.45) is 4.05. The first-order chi connectivity index (χ1) is 9.52. The third-order valence-electron chi connectivity index (χ3n) is 5.25. The van der Waals surface area contributed by atoms with Gasteiger partial charge >= 0.3 is 6.03 Å². The second-order valence-electron chi connectivity index (χ2n) is 6.62. The Labute approximate surface area is 117 Å². The molecule has 0 N–H and O–H groups in total. The van der Waals surface area contributed by atoms with Gasteiger partial charge in [0.25, 0.3) is 5.91 Å². The van der Waals surface area contributed by atoms with Gasteiger partial charge in [-0.2, -0.15) is 0 Å². The van der Waals surface area contributed by atoms with Crippen LogP contribution in [0, 0.1) is 0 Å². The second-order valence-corrected chi connectivity index (χ2v) is 6.62. The topological polar surface area (TPSA) is 60.9 Å². The Morgan fingerprint density at radius 1 is 1.15 bits per heavy atom. The predicted molar refractivity (Wildman–Crippen MR) is 69.7 cm³/mol. The third kappa shape index (κ3) is 1.42. The smallest absolute Gasteiger partial charge is 0.328 e. The van der Waals surface area contributed by atoms with E-state index >= 15 is 0 Å². The minimum absolute atomic E-state index is 0.0929. The molecule has 3 aliphatic heterocycles. The lowest BCUT2D eigenvalue weighted by atomic mass is 9.99. The zero-order chi connectivity index (χ0) is 14.1. The van der Waals surface area contributed by atoms with Crippen LogP contribution in [0.2, 0.25) is 0 Å². The molecule has 0 aromatic carbocycles. The number of rotatable bonds is 2. The molecule has 1 saturated carbocycles. The summed E-state index contributed by atoms with van der Waals surface area (Å²) in [4.78, 5) is 42.1. The maximum Gasteiger partial charge on any atom is 0.328 e. The number of imide groups is 1. The van der Waals surface area contributed by atoms with Gasteiger partial charge in [-0.1, -0.05) is 0 Å². The number of likely N-dealkylation sites (tertiary alicyclic amines) is 1. The maximum absolute atomic E-state index is 12.6. The molecular weight excluding hydrogens is 258 g/mol. The molecule has 0 bridgehead atoms. The lowest BCUT2D eigenvalue weighted by Crippen LogP contribution is -2.45. The van der Waals surface area contributed by atoms with Crippen LogP contribution in [0.3, 0.4) is 0 Å². The number of carbonyl (C=O) groups excluding carboxylic acids is 3. The van der Waals surface area contributed by atoms with Crippen molar-refractivity contribution in [2.75, 3.05) is 13.1 Å². The fraction of sp³-hybridized carbons (Fsp3) is 0.786. The predicted octanol–water partition coefficient (Wildman–Crippen LogP) is 0.566. The highest BCUT2D eigenvalue weighted by molar-refractivity contribution is 6.08. The SMILES string of the molecule is C[C@@]12CCCN1C(=O)N([C@H]1CC(=O)N(C3CC3)C1)C2=O. The van der Waals surface area contributed by atoms with Crippen LogP contribution in [0.4, 0.5) is 4.79 Å². The van der Waals surface area contributed by atoms with Crippen LogP contribution >= 0.6 is 0 Å². The summed E-state index contributed by atoms with van der Waals surface area (Å²) in [5.74, 6) is -0.00856. The van der Waals surface area contributed by atoms with E-state index in [9.17, 15) is 14.4 Å². The molecule has 2 atom stereocenters. The second kappa shape index (κ2) is 3.74. The molecule has 0 unspecified atom stereocenters. The van der Waals surface area contributed by atoms with E-state index in [1.165, 1.54) is 4.90 Å². The molecule has 4 amide bonds. The quantitative estimate of drug-likeness (QED) is 0.693. The van der Waals surface area contributed by atoms with E-state index in [2.05, 4.69) is 0 Å². The van der Waals surface area contributed by atoms with Gasteiger partial charge in [-0.05, 0) is 32.6 Å². The highest BCUT2D eigenvalue weighted by Gasteiger charge is 2.59. The minimum atomic E-state index is -0.660. The fourth-order valence-electron chi connectivity index (χ4n) is 3.91. The molecular formula is C14H19N3O3. The average Bonchev–Trinajstić information content (AvgIpc) is 3.02. The van der Waals surface area contributed by atoms with E-state index in [1.807, 2.05) is 11.8 Å². The van der Waals surface area contributed by atoms with Crippen LogP contribution in [-0.2, 0) is 9.59 Å². The van der Waals surface area contributed by atoms with Gasteiger partial charge in [0.05, 0.1) is 6.04 Å². The lowest BCUT2D eigenvalue weighted by molar-refractivity contribution is -0.133. The average molecular weight is 277 g/mol. The van der Waals surface area contributed by atoms with Crippen LogP contribution in [0.15, 0.2) is 0 Å². The Bertz CT molecular complexity index is 516. The summed E-state index contributed by atoms with van der Waals surface area (Å²) in [7, 11) is 0. The summed E-state index contributed by atoms with van der Waals surface area (Å²) in [5, 5.41) is 0. The van der Waals surface area contributed by atoms with Gasteiger partial charge in [0.1, 0.15) is 5.54 Å². The number of hydrogen-bond donors (Lipinski definition) is 0. The highest BCUT2D eigenvalue weighted by atomic mass is 16.2. The Kier molecular flexibility index (Phi) is 2.28. The summed E-state index contributed by atoms with van der Waals surface area (Å²) in [6.45, 7) is 3.05. The van der Waals surface area contributed by atoms with E-state index in [-0.39, 0.29) is 23.9 Å². The molecule has 6 nitrogen and oxygen atoms in total. The number of urea groups is 1. The third-order valence-corrected chi connectivity index (χ3v) is 5.25. The zero-order valence-electron chi connectivity index (χ0n) is 11.7. The van der Waals surface area contributed by atoms with Crippen LogP contribution < -0.4 is 0 Å². The molecule has 0 radical (unpaired) electrons. The zero-order valence-corrected chi connectivity index (χ0v) is 11.7. The highest BCUT2D eigenvalue weighted by Crippen LogP contribution is 2.40. The number of carbonyl (C=O) groups is 3. The molecule has 4 fully saturated rings. The molecule has 0 aromatic rings. The first kappa shape index (κ1) is 12.2. The number of hydrogen-bond acceptors (Lipinski definition) is 3. The van der Waals surface area contributed by atoms with Gasteiger partial charge in [0.2, 0.25) is 5.91 Å². The maximum atomic E-state index is 12.6. The van der Waals surface area contributed by atoms with Gasteiger partial charge < -0.3 is 9.80 Å². The molecule has 0 aromatic heterocycles. The molecule has 4 aliphatic rings. The minimum Gasteiger partial charge on any atom is -0.338 e. The van der Waals surface area contributed by atoms with Crippen molar-refractivity contribution in [1.82, 2.24) is 14.7 Å². The molecule has 108 valence electrons. The van der Waals surface area contributed by atoms with Crippen LogP contribution in [0.5, 0.6) is 0 Å². The Balaban J connectivity index is 1.59. The van der Waals surface area contributed by atoms with E-state index in [4.69, 9.17) is 0 Å². The Hall–Kier alpha value is -1.59. The molecule has 3 saturated heterocycles. The van der Waals surface area contributed by atoms with Crippen molar-refractivity contribution < 1.29 is 14.4 Å². The Morgan fingerprint density at radius 3 is 2.55 bits per heavy atom. The van der Waals surface area contributed by atoms with Crippen LogP contribution in [0.25, 0.3) is 0 Å². The van der Waals surface area contributed by atoms with Crippen molar-refractivity contribution >= 4 is 17.8 Å². The Morgan fingerprint density at radius 2 is 1.90 bits per heavy atom. The molecule has 1 aliphatic carbocycles. The van der Waals surface area contributed by atoms with Gasteiger partial charge in [-0.25, -0.2) is 4.79 Å². The van der Waals surface area contributed by atoms with E-state index in [0.29, 0.717) is 25.6 Å². The lowest BCUT2D eigenvalue weighted by Gasteiger charge is -2.23. The van der Waals surface area contributed by atoms with Crippen molar-refractivity contribution in [1.29, 1.82) is 0 Å². The summed E-state index contributed by atoms with van der Waals surface area (Å²) >= 11 is 0. The molecule has 6 heteroatoms. The van der Waals surface area contributed by atoms with Crippen LogP contribution in [0.1, 0.15) is 39.0 Å². The first-order valence-corrected chi connectivity index (χ1v) is 7.47. The number of nitrogens with zero attached hydrogens (tertiary/aromatic N) is 3. The molecule has 0 spiro atoms. The van der Waals surface area contributed by atoms with Crippen molar-refractivity contribution in [3.63, 3.8) is 0 Å². The van der Waals surface area contributed by atoms with Crippen molar-refractivity contribution in [3.05, 3.63) is 0 Å². The van der Waals surface area contributed by atoms with Crippen molar-refractivity contribution in [2.24, 2.45) is 0 Å². The van der Waals surface area contributed by atoms with Crippen molar-refractivity contribution in [2.45, 2.75) is 56.7 Å². The fourth-order valence-corrected chi connectivity index (χ4v) is 3.91. The summed E-state index contributed by atoms with van der Waals surface area (Å²) < 4.78 is 0. The van der Waals surface area contributed by atoms with Gasteiger partial charge in [-0.15, -0.1) is 0 Å². The van der Waals surface area contributed by atoms with Gasteiger partial charge in [0, 0.05) is 25.6 Å². The molecule has 4 rings (SSSR count). The van der Waals surface area contributed by atoms with E-state index in [1.54, 1.807) is 4.90 Å². The number of amides is 4.